The van der Waals surface area contributed by atoms with Gasteiger partial charge in [-0.3, -0.25) is 19.6 Å². The first-order chi connectivity index (χ1) is 15.0. The minimum atomic E-state index is -0.579. The fourth-order valence-corrected chi connectivity index (χ4v) is 4.21. The van der Waals surface area contributed by atoms with E-state index in [1.807, 2.05) is 4.57 Å². The molecule has 0 bridgehead atoms. The van der Waals surface area contributed by atoms with Crippen LogP contribution >= 0.6 is 11.8 Å². The average molecular weight is 447 g/mol. The van der Waals surface area contributed by atoms with E-state index in [1.165, 1.54) is 36.4 Å². The molecule has 31 heavy (non-hydrogen) atoms. The molecular weight excluding hydrogens is 419 g/mol. The van der Waals surface area contributed by atoms with Crippen LogP contribution in [0.4, 0.5) is 9.18 Å². The van der Waals surface area contributed by atoms with Crippen LogP contribution in [0.5, 0.6) is 0 Å². The summed E-state index contributed by atoms with van der Waals surface area (Å²) >= 11 is 1.17. The van der Waals surface area contributed by atoms with Gasteiger partial charge < -0.3 is 5.32 Å². The molecule has 3 rings (SSSR count). The summed E-state index contributed by atoms with van der Waals surface area (Å²) in [5, 5.41) is 14.0. The predicted octanol–water partition coefficient (Wildman–Crippen LogP) is 3.06. The molecule has 0 spiro atoms. The number of piperidine rings is 1. The van der Waals surface area contributed by atoms with Gasteiger partial charge in [0, 0.05) is 12.2 Å². The van der Waals surface area contributed by atoms with E-state index >= 15 is 0 Å². The van der Waals surface area contributed by atoms with Gasteiger partial charge in [0.25, 0.3) is 0 Å². The smallest absolute Gasteiger partial charge is 0.321 e. The van der Waals surface area contributed by atoms with Crippen molar-refractivity contribution in [3.8, 4) is 5.69 Å². The summed E-state index contributed by atoms with van der Waals surface area (Å²) < 4.78 is 15.3. The second-order valence-corrected chi connectivity index (χ2v) is 8.20. The highest BCUT2D eigenvalue weighted by Crippen LogP contribution is 2.29. The Bertz CT molecular complexity index is 911. The Morgan fingerprint density at radius 3 is 2.61 bits per heavy atom. The second-order valence-electron chi connectivity index (χ2n) is 7.26. The van der Waals surface area contributed by atoms with E-state index in [1.54, 1.807) is 12.1 Å². The number of aromatic nitrogens is 3. The molecule has 3 amide bonds. The molecule has 1 atom stereocenters. The molecule has 2 heterocycles. The lowest BCUT2D eigenvalue weighted by Gasteiger charge is -2.31. The van der Waals surface area contributed by atoms with Gasteiger partial charge in [-0.25, -0.2) is 9.18 Å². The number of benzene rings is 1. The van der Waals surface area contributed by atoms with E-state index in [4.69, 9.17) is 0 Å². The highest BCUT2D eigenvalue weighted by molar-refractivity contribution is 7.99. The van der Waals surface area contributed by atoms with Crippen molar-refractivity contribution in [2.75, 3.05) is 25.4 Å². The molecule has 0 aliphatic carbocycles. The molecule has 0 radical (unpaired) electrons. The third-order valence-electron chi connectivity index (χ3n) is 5.05. The number of imide groups is 1. The van der Waals surface area contributed by atoms with Crippen LogP contribution in [-0.2, 0) is 4.79 Å². The molecule has 0 unspecified atom stereocenters. The van der Waals surface area contributed by atoms with Gasteiger partial charge in [0.1, 0.15) is 5.82 Å². The Hall–Kier alpha value is -2.72. The van der Waals surface area contributed by atoms with E-state index in [9.17, 15) is 14.0 Å². The average Bonchev–Trinajstić information content (AvgIpc) is 3.20. The lowest BCUT2D eigenvalue weighted by Crippen LogP contribution is -2.40. The van der Waals surface area contributed by atoms with Crippen molar-refractivity contribution >= 4 is 23.7 Å². The normalized spacial score (nSPS) is 15.3. The molecule has 2 N–H and O–H groups in total. The molecule has 10 heteroatoms. The predicted molar refractivity (Wildman–Crippen MR) is 118 cm³/mol. The van der Waals surface area contributed by atoms with Gasteiger partial charge in [-0.2, -0.15) is 0 Å². The zero-order valence-corrected chi connectivity index (χ0v) is 18.3. The van der Waals surface area contributed by atoms with Gasteiger partial charge in [0.15, 0.2) is 11.0 Å². The highest BCUT2D eigenvalue weighted by Gasteiger charge is 2.26. The van der Waals surface area contributed by atoms with Crippen molar-refractivity contribution in [3.63, 3.8) is 0 Å². The molecule has 1 saturated heterocycles. The maximum absolute atomic E-state index is 13.5. The summed E-state index contributed by atoms with van der Waals surface area (Å²) in [4.78, 5) is 26.1. The Morgan fingerprint density at radius 2 is 1.94 bits per heavy atom. The van der Waals surface area contributed by atoms with Gasteiger partial charge in [-0.1, -0.05) is 24.3 Å². The molecule has 8 nitrogen and oxygen atoms in total. The van der Waals surface area contributed by atoms with Crippen LogP contribution in [-0.4, -0.2) is 57.0 Å². The van der Waals surface area contributed by atoms with Gasteiger partial charge in [0.2, 0.25) is 5.91 Å². The summed E-state index contributed by atoms with van der Waals surface area (Å²) in [6, 6.07) is 5.54. The summed E-state index contributed by atoms with van der Waals surface area (Å²) in [5.74, 6) is -0.0635. The van der Waals surface area contributed by atoms with E-state index in [0.717, 1.165) is 37.4 Å². The van der Waals surface area contributed by atoms with Gasteiger partial charge in [-0.15, -0.1) is 16.8 Å². The number of likely N-dealkylation sites (tertiary alicyclic amines) is 1. The van der Waals surface area contributed by atoms with Crippen LogP contribution in [0.25, 0.3) is 5.69 Å². The highest BCUT2D eigenvalue weighted by atomic mass is 32.2. The third kappa shape index (κ3) is 6.14. The quantitative estimate of drug-likeness (QED) is 0.478. The zero-order valence-electron chi connectivity index (χ0n) is 17.5. The summed E-state index contributed by atoms with van der Waals surface area (Å²) in [6.45, 7) is 7.83. The molecule has 1 fully saturated rings. The fraction of sp³-hybridized carbons (Fsp3) is 0.429. The molecule has 1 aliphatic rings. The van der Waals surface area contributed by atoms with Crippen molar-refractivity contribution in [2.24, 2.45) is 0 Å². The standard InChI is InChI=1S/C21H27FN6O2S/c1-3-11-23-20(30)24-18(29)14-31-21-26-25-19(15(2)27-12-5-4-6-13-27)28(21)17-9-7-16(22)8-10-17/h3,7-10,15H,1,4-6,11-14H2,2H3,(H2,23,24,29,30)/t15-/m0/s1. The van der Waals surface area contributed by atoms with Crippen LogP contribution in [0, 0.1) is 5.82 Å². The molecule has 166 valence electrons. The number of amides is 3. The van der Waals surface area contributed by atoms with Crippen LogP contribution in [0.3, 0.4) is 0 Å². The number of nitrogens with zero attached hydrogens (tertiary/aromatic N) is 4. The SMILES string of the molecule is C=CCNC(=O)NC(=O)CSc1nnc([C@H](C)N2CCCCC2)n1-c1ccc(F)cc1. The first-order valence-corrected chi connectivity index (χ1v) is 11.2. The number of nitrogens with one attached hydrogen (secondary N) is 2. The molecule has 2 aromatic rings. The number of hydrogen-bond acceptors (Lipinski definition) is 6. The number of halogens is 1. The van der Waals surface area contributed by atoms with Crippen molar-refractivity contribution < 1.29 is 14.0 Å². The number of rotatable bonds is 8. The first kappa shape index (κ1) is 23.0. The maximum Gasteiger partial charge on any atom is 0.321 e. The zero-order chi connectivity index (χ0) is 22.2. The molecule has 1 aliphatic heterocycles. The fourth-order valence-electron chi connectivity index (χ4n) is 3.45. The molecule has 0 saturated carbocycles. The third-order valence-corrected chi connectivity index (χ3v) is 5.98. The Kier molecular flexibility index (Phi) is 8.19. The Balaban J connectivity index is 1.78. The minimum Gasteiger partial charge on any atom is -0.334 e. The van der Waals surface area contributed by atoms with Crippen LogP contribution < -0.4 is 10.6 Å². The van der Waals surface area contributed by atoms with Crippen molar-refractivity contribution in [2.45, 2.75) is 37.4 Å². The van der Waals surface area contributed by atoms with Crippen molar-refractivity contribution in [3.05, 3.63) is 48.6 Å². The number of carbonyl (C=O) groups excluding carboxylic acids is 2. The number of carbonyl (C=O) groups is 2. The number of thioether (sulfide) groups is 1. The second kappa shape index (κ2) is 11.1. The number of urea groups is 1. The largest absolute Gasteiger partial charge is 0.334 e. The van der Waals surface area contributed by atoms with Crippen molar-refractivity contribution in [1.29, 1.82) is 0 Å². The van der Waals surface area contributed by atoms with Crippen LogP contribution in [0.1, 0.15) is 38.1 Å². The summed E-state index contributed by atoms with van der Waals surface area (Å²) in [7, 11) is 0. The van der Waals surface area contributed by atoms with Gasteiger partial charge >= 0.3 is 6.03 Å². The van der Waals surface area contributed by atoms with Crippen molar-refractivity contribution in [1.82, 2.24) is 30.3 Å². The maximum atomic E-state index is 13.5. The van der Waals surface area contributed by atoms with E-state index in [0.29, 0.717) is 5.16 Å². The summed E-state index contributed by atoms with van der Waals surface area (Å²) in [5.41, 5.74) is 0.719. The van der Waals surface area contributed by atoms with E-state index in [2.05, 4.69) is 39.2 Å². The van der Waals surface area contributed by atoms with Gasteiger partial charge in [0.05, 0.1) is 11.8 Å². The van der Waals surface area contributed by atoms with Gasteiger partial charge in [-0.05, 0) is 57.1 Å². The van der Waals surface area contributed by atoms with Crippen LogP contribution in [0.2, 0.25) is 0 Å². The lowest BCUT2D eigenvalue weighted by atomic mass is 10.1. The monoisotopic (exact) mass is 446 g/mol. The van der Waals surface area contributed by atoms with E-state index < -0.39 is 11.9 Å². The minimum absolute atomic E-state index is 0.0149. The summed E-state index contributed by atoms with van der Waals surface area (Å²) in [6.07, 6.45) is 5.04. The lowest BCUT2D eigenvalue weighted by molar-refractivity contribution is -0.117. The molecule has 1 aromatic carbocycles. The Labute approximate surface area is 185 Å². The molecule has 1 aromatic heterocycles. The molecular formula is C21H27FN6O2S. The first-order valence-electron chi connectivity index (χ1n) is 10.3. The Morgan fingerprint density at radius 1 is 1.23 bits per heavy atom. The van der Waals surface area contributed by atoms with Crippen LogP contribution in [0.15, 0.2) is 42.1 Å². The topological polar surface area (TPSA) is 92.2 Å². The van der Waals surface area contributed by atoms with E-state index in [-0.39, 0.29) is 24.2 Å². The number of hydrogen-bond donors (Lipinski definition) is 2.